The Morgan fingerprint density at radius 1 is 1.42 bits per heavy atom. The summed E-state index contributed by atoms with van der Waals surface area (Å²) in [6, 6.07) is 5.36. The van der Waals surface area contributed by atoms with Crippen molar-refractivity contribution in [3.8, 4) is 0 Å². The number of likely N-dealkylation sites (N-methyl/N-ethyl adjacent to an activating group) is 1. The molecular formula is C14H22BrN3O. The van der Waals surface area contributed by atoms with Gasteiger partial charge in [0.1, 0.15) is 6.04 Å². The summed E-state index contributed by atoms with van der Waals surface area (Å²) < 4.78 is 0.925. The quantitative estimate of drug-likeness (QED) is 0.839. The second-order valence-corrected chi connectivity index (χ2v) is 6.64. The first-order valence-corrected chi connectivity index (χ1v) is 7.01. The van der Waals surface area contributed by atoms with Gasteiger partial charge in [0.25, 0.3) is 0 Å². The summed E-state index contributed by atoms with van der Waals surface area (Å²) in [5.41, 5.74) is 7.24. The van der Waals surface area contributed by atoms with Crippen molar-refractivity contribution in [1.29, 1.82) is 0 Å². The summed E-state index contributed by atoms with van der Waals surface area (Å²) >= 11 is 3.37. The molecule has 5 heteroatoms. The van der Waals surface area contributed by atoms with Crippen molar-refractivity contribution in [2.24, 2.45) is 0 Å². The van der Waals surface area contributed by atoms with Crippen LogP contribution in [0, 0.1) is 0 Å². The van der Waals surface area contributed by atoms with Crippen molar-refractivity contribution >= 4 is 33.2 Å². The van der Waals surface area contributed by atoms with Crippen LogP contribution in [0.4, 0.5) is 11.4 Å². The molecule has 1 amide bonds. The fourth-order valence-corrected chi connectivity index (χ4v) is 2.08. The molecule has 0 fully saturated rings. The fourth-order valence-electron chi connectivity index (χ4n) is 1.71. The van der Waals surface area contributed by atoms with Crippen LogP contribution in [0.15, 0.2) is 22.7 Å². The highest BCUT2D eigenvalue weighted by atomic mass is 79.9. The Hall–Kier alpha value is -1.23. The second kappa shape index (κ2) is 5.82. The number of halogens is 1. The van der Waals surface area contributed by atoms with Gasteiger partial charge in [0.15, 0.2) is 0 Å². The minimum atomic E-state index is -0.289. The summed E-state index contributed by atoms with van der Waals surface area (Å²) in [6.45, 7) is 7.76. The highest BCUT2D eigenvalue weighted by molar-refractivity contribution is 9.10. The van der Waals surface area contributed by atoms with Gasteiger partial charge in [-0.05, 0) is 45.9 Å². The minimum absolute atomic E-state index is 0.0164. The Morgan fingerprint density at radius 2 is 2.00 bits per heavy atom. The fraction of sp³-hybridized carbons (Fsp3) is 0.500. The average molecular weight is 328 g/mol. The molecule has 0 aliphatic rings. The predicted molar refractivity (Wildman–Crippen MR) is 84.3 cm³/mol. The lowest BCUT2D eigenvalue weighted by Gasteiger charge is -2.30. The van der Waals surface area contributed by atoms with E-state index in [-0.39, 0.29) is 17.5 Å². The number of nitrogens with one attached hydrogen (secondary N) is 1. The average Bonchev–Trinajstić information content (AvgIpc) is 2.24. The van der Waals surface area contributed by atoms with E-state index >= 15 is 0 Å². The van der Waals surface area contributed by atoms with Gasteiger partial charge in [-0.1, -0.05) is 15.9 Å². The second-order valence-electron chi connectivity index (χ2n) is 5.73. The van der Waals surface area contributed by atoms with Crippen LogP contribution in [0.5, 0.6) is 0 Å². The molecule has 0 saturated heterocycles. The number of amides is 1. The topological polar surface area (TPSA) is 58.4 Å². The molecule has 0 spiro atoms. The smallest absolute Gasteiger partial charge is 0.242 e. The van der Waals surface area contributed by atoms with Crippen molar-refractivity contribution in [1.82, 2.24) is 5.32 Å². The van der Waals surface area contributed by atoms with Crippen molar-refractivity contribution in [2.75, 3.05) is 17.7 Å². The van der Waals surface area contributed by atoms with Gasteiger partial charge in [0, 0.05) is 17.1 Å². The lowest BCUT2D eigenvalue weighted by Crippen LogP contribution is -2.50. The van der Waals surface area contributed by atoms with Gasteiger partial charge in [-0.3, -0.25) is 4.79 Å². The summed E-state index contributed by atoms with van der Waals surface area (Å²) in [4.78, 5) is 14.0. The maximum Gasteiger partial charge on any atom is 0.242 e. The lowest BCUT2D eigenvalue weighted by atomic mass is 10.1. The summed E-state index contributed by atoms with van der Waals surface area (Å²) in [7, 11) is 1.87. The number of nitrogens with zero attached hydrogens (tertiary/aromatic N) is 1. The number of anilines is 2. The minimum Gasteiger partial charge on any atom is -0.397 e. The summed E-state index contributed by atoms with van der Waals surface area (Å²) in [5.74, 6) is -0.0164. The highest BCUT2D eigenvalue weighted by Crippen LogP contribution is 2.27. The van der Waals surface area contributed by atoms with Gasteiger partial charge in [0.05, 0.1) is 11.4 Å². The van der Waals surface area contributed by atoms with E-state index in [0.717, 1.165) is 10.2 Å². The van der Waals surface area contributed by atoms with Gasteiger partial charge < -0.3 is 16.0 Å². The molecule has 0 saturated carbocycles. The van der Waals surface area contributed by atoms with E-state index in [2.05, 4.69) is 21.2 Å². The molecule has 106 valence electrons. The summed E-state index contributed by atoms with van der Waals surface area (Å²) in [5, 5.41) is 2.97. The molecule has 0 aliphatic heterocycles. The number of hydrogen-bond acceptors (Lipinski definition) is 3. The van der Waals surface area contributed by atoms with Crippen LogP contribution in [0.3, 0.4) is 0 Å². The maximum absolute atomic E-state index is 12.1. The van der Waals surface area contributed by atoms with Crippen LogP contribution < -0.4 is 16.0 Å². The lowest BCUT2D eigenvalue weighted by molar-refractivity contribution is -0.123. The Balaban J connectivity index is 2.87. The standard InChI is InChI=1S/C14H22BrN3O/c1-9(13(19)17-14(2,3)4)18(5)12-7-6-10(15)8-11(12)16/h6-9H,16H2,1-5H3,(H,17,19). The van der Waals surface area contributed by atoms with Gasteiger partial charge >= 0.3 is 0 Å². The third kappa shape index (κ3) is 4.42. The zero-order valence-electron chi connectivity index (χ0n) is 12.1. The Bertz CT molecular complexity index is 468. The largest absolute Gasteiger partial charge is 0.397 e. The van der Waals surface area contributed by atoms with Crippen LogP contribution in [-0.4, -0.2) is 24.5 Å². The highest BCUT2D eigenvalue weighted by Gasteiger charge is 2.23. The Labute approximate surface area is 123 Å². The first-order chi connectivity index (χ1) is 8.61. The van der Waals surface area contributed by atoms with Crippen LogP contribution in [0.25, 0.3) is 0 Å². The molecule has 4 nitrogen and oxygen atoms in total. The molecule has 1 aromatic rings. The molecular weight excluding hydrogens is 306 g/mol. The zero-order valence-corrected chi connectivity index (χ0v) is 13.7. The van der Waals surface area contributed by atoms with E-state index in [1.54, 1.807) is 0 Å². The molecule has 0 bridgehead atoms. The van der Waals surface area contributed by atoms with Crippen molar-refractivity contribution in [2.45, 2.75) is 39.3 Å². The molecule has 0 radical (unpaired) electrons. The molecule has 0 heterocycles. The third-order valence-electron chi connectivity index (χ3n) is 2.83. The number of nitrogens with two attached hydrogens (primary N) is 1. The molecule has 1 unspecified atom stereocenters. The van der Waals surface area contributed by atoms with E-state index in [1.165, 1.54) is 0 Å². The maximum atomic E-state index is 12.1. The van der Waals surface area contributed by atoms with Gasteiger partial charge in [-0.25, -0.2) is 0 Å². The van der Waals surface area contributed by atoms with Crippen molar-refractivity contribution in [3.63, 3.8) is 0 Å². The third-order valence-corrected chi connectivity index (χ3v) is 3.32. The van der Waals surface area contributed by atoms with E-state index in [4.69, 9.17) is 5.73 Å². The first-order valence-electron chi connectivity index (χ1n) is 6.21. The predicted octanol–water partition coefficient (Wildman–Crippen LogP) is 2.77. The molecule has 1 rings (SSSR count). The number of nitrogen functional groups attached to an aromatic ring is 1. The number of carbonyl (C=O) groups excluding carboxylic acids is 1. The molecule has 1 atom stereocenters. The van der Waals surface area contributed by atoms with Crippen LogP contribution >= 0.6 is 15.9 Å². The van der Waals surface area contributed by atoms with Crippen molar-refractivity contribution < 1.29 is 4.79 Å². The molecule has 1 aromatic carbocycles. The van der Waals surface area contributed by atoms with E-state index in [1.807, 2.05) is 57.8 Å². The first kappa shape index (κ1) is 15.8. The monoisotopic (exact) mass is 327 g/mol. The van der Waals surface area contributed by atoms with Crippen molar-refractivity contribution in [3.05, 3.63) is 22.7 Å². The SMILES string of the molecule is CC(C(=O)NC(C)(C)C)N(C)c1ccc(Br)cc1N. The molecule has 19 heavy (non-hydrogen) atoms. The number of carbonyl (C=O) groups is 1. The zero-order chi connectivity index (χ0) is 14.8. The molecule has 0 aliphatic carbocycles. The summed E-state index contributed by atoms with van der Waals surface area (Å²) in [6.07, 6.45) is 0. The van der Waals surface area contributed by atoms with E-state index in [9.17, 15) is 4.79 Å². The van der Waals surface area contributed by atoms with Gasteiger partial charge in [-0.15, -0.1) is 0 Å². The van der Waals surface area contributed by atoms with Gasteiger partial charge in [-0.2, -0.15) is 0 Å². The normalized spacial score (nSPS) is 12.9. The van der Waals surface area contributed by atoms with Gasteiger partial charge in [0.2, 0.25) is 5.91 Å². The van der Waals surface area contributed by atoms with E-state index in [0.29, 0.717) is 5.69 Å². The van der Waals surface area contributed by atoms with Crippen LogP contribution in [0.1, 0.15) is 27.7 Å². The van der Waals surface area contributed by atoms with E-state index < -0.39 is 0 Å². The Kier molecular flexibility index (Phi) is 4.85. The number of benzene rings is 1. The van der Waals surface area contributed by atoms with Crippen LogP contribution in [0.2, 0.25) is 0 Å². The molecule has 0 aromatic heterocycles. The van der Waals surface area contributed by atoms with Crippen LogP contribution in [-0.2, 0) is 4.79 Å². The Morgan fingerprint density at radius 3 is 2.47 bits per heavy atom. The number of rotatable bonds is 3. The molecule has 3 N–H and O–H groups in total. The number of hydrogen-bond donors (Lipinski definition) is 2.